The van der Waals surface area contributed by atoms with E-state index in [9.17, 15) is 0 Å². The molecule has 1 fully saturated rings. The third-order valence-electron chi connectivity index (χ3n) is 5.41. The number of rotatable bonds is 4. The number of hydrogen-bond donors (Lipinski definition) is 1. The van der Waals surface area contributed by atoms with Crippen LogP contribution in [0.4, 0.5) is 5.82 Å². The second-order valence-electron chi connectivity index (χ2n) is 7.41. The van der Waals surface area contributed by atoms with Crippen molar-refractivity contribution >= 4 is 17.0 Å². The number of fused-ring (bicyclic) bond motifs is 1. The van der Waals surface area contributed by atoms with Gasteiger partial charge in [-0.3, -0.25) is 0 Å². The zero-order chi connectivity index (χ0) is 18.5. The minimum atomic E-state index is 0.645. The molecular weight excluding hydrogens is 336 g/mol. The molecule has 4 aromatic rings. The van der Waals surface area contributed by atoms with Crippen molar-refractivity contribution < 1.29 is 0 Å². The Labute approximate surface area is 157 Å². The first kappa shape index (κ1) is 16.1. The van der Waals surface area contributed by atoms with Crippen LogP contribution in [0.1, 0.15) is 24.2 Å². The summed E-state index contributed by atoms with van der Waals surface area (Å²) < 4.78 is 3.90. The fourth-order valence-corrected chi connectivity index (χ4v) is 3.56. The van der Waals surface area contributed by atoms with E-state index in [0.29, 0.717) is 5.82 Å². The van der Waals surface area contributed by atoms with Gasteiger partial charge in [-0.25, -0.2) is 14.6 Å². The molecule has 0 bridgehead atoms. The van der Waals surface area contributed by atoms with Crippen LogP contribution in [0.15, 0.2) is 42.6 Å². The summed E-state index contributed by atoms with van der Waals surface area (Å²) in [5, 5.41) is 4.76. The summed E-state index contributed by atoms with van der Waals surface area (Å²) in [6.07, 6.45) is 5.54. The van der Waals surface area contributed by atoms with Gasteiger partial charge in [0.05, 0.1) is 11.4 Å². The molecule has 1 aromatic carbocycles. The maximum Gasteiger partial charge on any atom is 0.159 e. The number of nitrogens with zero attached hydrogens (tertiary/aromatic N) is 5. The number of aryl methyl sites for hydroxylation is 1. The van der Waals surface area contributed by atoms with E-state index in [2.05, 4.69) is 15.6 Å². The van der Waals surface area contributed by atoms with E-state index in [1.165, 1.54) is 12.8 Å². The highest BCUT2D eigenvalue weighted by molar-refractivity contribution is 5.79. The lowest BCUT2D eigenvalue weighted by atomic mass is 10.1. The Balaban J connectivity index is 1.59. The Bertz CT molecular complexity index is 1130. The molecule has 6 nitrogen and oxygen atoms in total. The summed E-state index contributed by atoms with van der Waals surface area (Å²) in [7, 11) is 2.05. The van der Waals surface area contributed by atoms with Gasteiger partial charge in [-0.05, 0) is 43.9 Å². The first-order valence-electron chi connectivity index (χ1n) is 9.34. The van der Waals surface area contributed by atoms with E-state index in [4.69, 9.17) is 15.8 Å². The fraction of sp³-hybridized carbons (Fsp3) is 0.286. The molecule has 1 aliphatic carbocycles. The van der Waals surface area contributed by atoms with Crippen LogP contribution < -0.4 is 5.73 Å². The minimum Gasteiger partial charge on any atom is -0.383 e. The van der Waals surface area contributed by atoms with Crippen LogP contribution in [0.2, 0.25) is 0 Å². The first-order valence-corrected chi connectivity index (χ1v) is 9.34. The molecule has 6 heteroatoms. The van der Waals surface area contributed by atoms with Crippen molar-refractivity contribution in [2.45, 2.75) is 26.2 Å². The lowest BCUT2D eigenvalue weighted by Gasteiger charge is -2.02. The average molecular weight is 358 g/mol. The normalized spacial score (nSPS) is 14.1. The van der Waals surface area contributed by atoms with Crippen molar-refractivity contribution in [1.29, 1.82) is 0 Å². The van der Waals surface area contributed by atoms with Gasteiger partial charge in [0, 0.05) is 30.8 Å². The van der Waals surface area contributed by atoms with Crippen LogP contribution in [-0.4, -0.2) is 24.3 Å². The van der Waals surface area contributed by atoms with E-state index in [1.807, 2.05) is 50.5 Å². The van der Waals surface area contributed by atoms with Crippen molar-refractivity contribution in [3.8, 4) is 16.9 Å². The Kier molecular flexibility index (Phi) is 3.53. The second kappa shape index (κ2) is 5.94. The highest BCUT2D eigenvalue weighted by atomic mass is 15.3. The molecule has 0 unspecified atom stereocenters. The maximum atomic E-state index is 6.34. The highest BCUT2D eigenvalue weighted by Gasteiger charge is 2.24. The van der Waals surface area contributed by atoms with Crippen molar-refractivity contribution in [3.63, 3.8) is 0 Å². The van der Waals surface area contributed by atoms with Crippen LogP contribution in [0.3, 0.4) is 0 Å². The lowest BCUT2D eigenvalue weighted by molar-refractivity contribution is 0.724. The number of para-hydroxylation sites is 1. The fourth-order valence-electron chi connectivity index (χ4n) is 3.56. The molecule has 0 amide bonds. The Morgan fingerprint density at radius 3 is 2.70 bits per heavy atom. The van der Waals surface area contributed by atoms with Crippen LogP contribution in [0, 0.1) is 12.8 Å². The molecule has 1 aliphatic rings. The SMILES string of the molecule is Cc1c(-c2cnc3c(c2)nc(CC2CC2)n3C)nn(-c2ccccc2)c1N. The molecule has 0 saturated heterocycles. The topological polar surface area (TPSA) is 74.5 Å². The standard InChI is InChI=1S/C21H22N6/c1-13-19(25-27(20(13)22)16-6-4-3-5-7-16)15-11-17-21(23-12-15)26(2)18(24-17)10-14-8-9-14/h3-7,11-12,14H,8-10,22H2,1-2H3. The van der Waals surface area contributed by atoms with Gasteiger partial charge in [0.25, 0.3) is 0 Å². The zero-order valence-electron chi connectivity index (χ0n) is 15.6. The number of hydrogen-bond acceptors (Lipinski definition) is 4. The van der Waals surface area contributed by atoms with Crippen LogP contribution in [0.25, 0.3) is 28.1 Å². The number of nitrogen functional groups attached to an aromatic ring is 1. The highest BCUT2D eigenvalue weighted by Crippen LogP contribution is 2.33. The van der Waals surface area contributed by atoms with E-state index >= 15 is 0 Å². The first-order chi connectivity index (χ1) is 13.1. The quantitative estimate of drug-likeness (QED) is 0.604. The van der Waals surface area contributed by atoms with Gasteiger partial charge in [0.15, 0.2) is 5.65 Å². The lowest BCUT2D eigenvalue weighted by Crippen LogP contribution is -2.01. The van der Waals surface area contributed by atoms with Crippen LogP contribution >= 0.6 is 0 Å². The van der Waals surface area contributed by atoms with Gasteiger partial charge in [-0.1, -0.05) is 18.2 Å². The molecule has 5 rings (SSSR count). The van der Waals surface area contributed by atoms with E-state index in [1.54, 1.807) is 4.68 Å². The number of imidazole rings is 1. The summed E-state index contributed by atoms with van der Waals surface area (Å²) in [5.74, 6) is 2.55. The summed E-state index contributed by atoms with van der Waals surface area (Å²) in [6.45, 7) is 2.00. The Hall–Kier alpha value is -3.15. The predicted molar refractivity (Wildman–Crippen MR) is 107 cm³/mol. The molecule has 3 heterocycles. The second-order valence-corrected chi connectivity index (χ2v) is 7.41. The maximum absolute atomic E-state index is 6.34. The average Bonchev–Trinajstić information content (AvgIpc) is 3.39. The Morgan fingerprint density at radius 2 is 1.96 bits per heavy atom. The molecule has 27 heavy (non-hydrogen) atoms. The molecule has 2 N–H and O–H groups in total. The minimum absolute atomic E-state index is 0.645. The van der Waals surface area contributed by atoms with E-state index < -0.39 is 0 Å². The molecule has 0 aliphatic heterocycles. The molecule has 136 valence electrons. The monoisotopic (exact) mass is 358 g/mol. The third kappa shape index (κ3) is 2.68. The molecule has 0 spiro atoms. The molecule has 3 aromatic heterocycles. The number of aromatic nitrogens is 5. The summed E-state index contributed by atoms with van der Waals surface area (Å²) in [4.78, 5) is 9.50. The molecule has 0 atom stereocenters. The number of anilines is 1. The largest absolute Gasteiger partial charge is 0.383 e. The third-order valence-corrected chi connectivity index (χ3v) is 5.41. The summed E-state index contributed by atoms with van der Waals surface area (Å²) >= 11 is 0. The smallest absolute Gasteiger partial charge is 0.159 e. The van der Waals surface area contributed by atoms with Gasteiger partial charge in [0.1, 0.15) is 17.2 Å². The Morgan fingerprint density at radius 1 is 1.19 bits per heavy atom. The van der Waals surface area contributed by atoms with E-state index in [-0.39, 0.29) is 0 Å². The van der Waals surface area contributed by atoms with Crippen molar-refractivity contribution in [1.82, 2.24) is 24.3 Å². The summed E-state index contributed by atoms with van der Waals surface area (Å²) in [6, 6.07) is 12.0. The molecule has 1 saturated carbocycles. The summed E-state index contributed by atoms with van der Waals surface area (Å²) in [5.41, 5.74) is 11.9. The van der Waals surface area contributed by atoms with Gasteiger partial charge >= 0.3 is 0 Å². The van der Waals surface area contributed by atoms with Gasteiger partial charge in [-0.2, -0.15) is 5.10 Å². The predicted octanol–water partition coefficient (Wildman–Crippen LogP) is 3.66. The van der Waals surface area contributed by atoms with E-state index in [0.717, 1.165) is 51.8 Å². The number of benzene rings is 1. The zero-order valence-corrected chi connectivity index (χ0v) is 15.6. The van der Waals surface area contributed by atoms with Crippen LogP contribution in [-0.2, 0) is 13.5 Å². The van der Waals surface area contributed by atoms with Crippen LogP contribution in [0.5, 0.6) is 0 Å². The van der Waals surface area contributed by atoms with Gasteiger partial charge in [-0.15, -0.1) is 0 Å². The van der Waals surface area contributed by atoms with Gasteiger partial charge < -0.3 is 10.3 Å². The van der Waals surface area contributed by atoms with Crippen molar-refractivity contribution in [2.75, 3.05) is 5.73 Å². The van der Waals surface area contributed by atoms with Gasteiger partial charge in [0.2, 0.25) is 0 Å². The number of pyridine rings is 1. The molecule has 0 radical (unpaired) electrons. The van der Waals surface area contributed by atoms with Crippen molar-refractivity contribution in [3.05, 3.63) is 54.0 Å². The molecular formula is C21H22N6. The van der Waals surface area contributed by atoms with Crippen molar-refractivity contribution in [2.24, 2.45) is 13.0 Å². The number of nitrogens with two attached hydrogens (primary N) is 1.